The minimum absolute atomic E-state index is 0.0136. The van der Waals surface area contributed by atoms with Gasteiger partial charge in [-0.25, -0.2) is 4.79 Å². The van der Waals surface area contributed by atoms with Crippen LogP contribution < -0.4 is 10.1 Å². The highest BCUT2D eigenvalue weighted by atomic mass is 16.6. The first-order valence-electron chi connectivity index (χ1n) is 11.2. The molecule has 2 heterocycles. The maximum Gasteiger partial charge on any atom is 0.344 e. The van der Waals surface area contributed by atoms with Gasteiger partial charge in [0.05, 0.1) is 19.7 Å². The Bertz CT molecular complexity index is 746. The molecule has 1 aromatic carbocycles. The summed E-state index contributed by atoms with van der Waals surface area (Å²) in [7, 11) is 0. The van der Waals surface area contributed by atoms with E-state index >= 15 is 0 Å². The lowest BCUT2D eigenvalue weighted by molar-refractivity contribution is -0.146. The molecule has 2 aliphatic heterocycles. The zero-order chi connectivity index (χ0) is 22.1. The van der Waals surface area contributed by atoms with Crippen molar-refractivity contribution in [1.29, 1.82) is 0 Å². The van der Waals surface area contributed by atoms with Gasteiger partial charge in [0.15, 0.2) is 12.4 Å². The Morgan fingerprint density at radius 3 is 2.55 bits per heavy atom. The lowest BCUT2D eigenvalue weighted by atomic mass is 10.0. The molecule has 0 bridgehead atoms. The van der Waals surface area contributed by atoms with Crippen LogP contribution in [0.3, 0.4) is 0 Å². The van der Waals surface area contributed by atoms with Crippen LogP contribution in [0, 0.1) is 0 Å². The second kappa shape index (κ2) is 11.8. The summed E-state index contributed by atoms with van der Waals surface area (Å²) in [5, 5.41) is 3.35. The molecule has 2 fully saturated rings. The molecule has 2 saturated heterocycles. The summed E-state index contributed by atoms with van der Waals surface area (Å²) in [4.78, 5) is 40.7. The van der Waals surface area contributed by atoms with Crippen LogP contribution in [0.4, 0.5) is 0 Å². The SMILES string of the molecule is CCCCOC(=O)COc1ccc(C(=O)CN2CCN(C3CCNCC3)CC2=O)cc1. The minimum Gasteiger partial charge on any atom is -0.482 e. The maximum absolute atomic E-state index is 12.6. The predicted octanol–water partition coefficient (Wildman–Crippen LogP) is 1.49. The Labute approximate surface area is 183 Å². The number of amides is 1. The third-order valence-electron chi connectivity index (χ3n) is 5.80. The Kier molecular flexibility index (Phi) is 8.85. The van der Waals surface area contributed by atoms with Gasteiger partial charge in [0.1, 0.15) is 5.75 Å². The van der Waals surface area contributed by atoms with Crippen molar-refractivity contribution in [3.63, 3.8) is 0 Å². The number of rotatable bonds is 10. The van der Waals surface area contributed by atoms with Gasteiger partial charge in [-0.2, -0.15) is 0 Å². The van der Waals surface area contributed by atoms with E-state index in [4.69, 9.17) is 9.47 Å². The highest BCUT2D eigenvalue weighted by molar-refractivity contribution is 5.99. The minimum atomic E-state index is -0.407. The fourth-order valence-corrected chi connectivity index (χ4v) is 3.89. The smallest absolute Gasteiger partial charge is 0.344 e. The highest BCUT2D eigenvalue weighted by Crippen LogP contribution is 2.17. The van der Waals surface area contributed by atoms with Crippen LogP contribution in [-0.4, -0.2) is 86.0 Å². The summed E-state index contributed by atoms with van der Waals surface area (Å²) in [5.74, 6) is 0.000245. The Balaban J connectivity index is 1.43. The van der Waals surface area contributed by atoms with E-state index in [0.29, 0.717) is 37.1 Å². The fourth-order valence-electron chi connectivity index (χ4n) is 3.89. The molecule has 0 saturated carbocycles. The number of nitrogens with zero attached hydrogens (tertiary/aromatic N) is 2. The number of Topliss-reactive ketones (excluding diaryl/α,β-unsaturated/α-hetero) is 1. The zero-order valence-electron chi connectivity index (χ0n) is 18.3. The molecule has 0 unspecified atom stereocenters. The summed E-state index contributed by atoms with van der Waals surface area (Å²) >= 11 is 0. The van der Waals surface area contributed by atoms with Crippen LogP contribution in [-0.2, 0) is 14.3 Å². The number of unbranched alkanes of at least 4 members (excludes halogenated alkanes) is 1. The van der Waals surface area contributed by atoms with Gasteiger partial charge in [0, 0.05) is 24.7 Å². The summed E-state index contributed by atoms with van der Waals surface area (Å²) < 4.78 is 10.5. The molecule has 0 aromatic heterocycles. The van der Waals surface area contributed by atoms with Crippen LogP contribution in [0.15, 0.2) is 24.3 Å². The van der Waals surface area contributed by atoms with Gasteiger partial charge >= 0.3 is 5.97 Å². The molecule has 0 spiro atoms. The average molecular weight is 432 g/mol. The lowest BCUT2D eigenvalue weighted by Gasteiger charge is -2.40. The quantitative estimate of drug-likeness (QED) is 0.341. The van der Waals surface area contributed by atoms with Gasteiger partial charge in [-0.1, -0.05) is 13.3 Å². The van der Waals surface area contributed by atoms with E-state index in [1.54, 1.807) is 29.2 Å². The van der Waals surface area contributed by atoms with Crippen LogP contribution in [0.5, 0.6) is 5.75 Å². The van der Waals surface area contributed by atoms with E-state index in [0.717, 1.165) is 45.3 Å². The number of nitrogens with one attached hydrogen (secondary N) is 1. The van der Waals surface area contributed by atoms with Crippen LogP contribution in [0.25, 0.3) is 0 Å². The van der Waals surface area contributed by atoms with Crippen molar-refractivity contribution in [3.8, 4) is 5.75 Å². The number of hydrogen-bond donors (Lipinski definition) is 1. The van der Waals surface area contributed by atoms with Crippen molar-refractivity contribution in [2.75, 3.05) is 52.5 Å². The topological polar surface area (TPSA) is 88.2 Å². The van der Waals surface area contributed by atoms with Crippen molar-refractivity contribution in [2.24, 2.45) is 0 Å². The van der Waals surface area contributed by atoms with Gasteiger partial charge in [0.25, 0.3) is 0 Å². The molecule has 170 valence electrons. The van der Waals surface area contributed by atoms with Crippen LogP contribution >= 0.6 is 0 Å². The molecule has 2 aliphatic rings. The number of ether oxygens (including phenoxy) is 2. The number of piperidine rings is 1. The lowest BCUT2D eigenvalue weighted by Crippen LogP contribution is -2.56. The second-order valence-electron chi connectivity index (χ2n) is 8.08. The number of esters is 1. The van der Waals surface area contributed by atoms with E-state index in [1.165, 1.54) is 0 Å². The molecule has 0 radical (unpaired) electrons. The first-order chi connectivity index (χ1) is 15.1. The monoisotopic (exact) mass is 431 g/mol. The van der Waals surface area contributed by atoms with E-state index in [1.807, 2.05) is 6.92 Å². The fraction of sp³-hybridized carbons (Fsp3) is 0.609. The first-order valence-corrected chi connectivity index (χ1v) is 11.2. The molecule has 1 amide bonds. The third kappa shape index (κ3) is 7.04. The van der Waals surface area contributed by atoms with Gasteiger partial charge in [-0.05, 0) is 56.6 Å². The van der Waals surface area contributed by atoms with Crippen molar-refractivity contribution >= 4 is 17.7 Å². The molecule has 0 atom stereocenters. The van der Waals surface area contributed by atoms with Crippen LogP contribution in [0.1, 0.15) is 43.0 Å². The standard InChI is InChI=1S/C23H33N3O5/c1-2-3-14-30-23(29)17-31-20-6-4-18(5-7-20)21(27)15-26-13-12-25(16-22(26)28)19-8-10-24-11-9-19/h4-7,19,24H,2-3,8-17H2,1H3. The number of carbonyl (C=O) groups is 3. The zero-order valence-corrected chi connectivity index (χ0v) is 18.3. The molecule has 31 heavy (non-hydrogen) atoms. The molecule has 8 nitrogen and oxygen atoms in total. The van der Waals surface area contributed by atoms with Crippen molar-refractivity contribution in [2.45, 2.75) is 38.6 Å². The van der Waals surface area contributed by atoms with Crippen molar-refractivity contribution < 1.29 is 23.9 Å². The van der Waals surface area contributed by atoms with E-state index in [2.05, 4.69) is 10.2 Å². The Hall–Kier alpha value is -2.45. The molecule has 1 N–H and O–H groups in total. The maximum atomic E-state index is 12.6. The second-order valence-corrected chi connectivity index (χ2v) is 8.08. The van der Waals surface area contributed by atoms with Crippen molar-refractivity contribution in [3.05, 3.63) is 29.8 Å². The van der Waals surface area contributed by atoms with Gasteiger partial charge in [-0.3, -0.25) is 14.5 Å². The summed E-state index contributed by atoms with van der Waals surface area (Å²) in [6.07, 6.45) is 3.93. The summed E-state index contributed by atoms with van der Waals surface area (Å²) in [6, 6.07) is 7.10. The number of carbonyl (C=O) groups excluding carboxylic acids is 3. The molecular formula is C23H33N3O5. The Morgan fingerprint density at radius 1 is 1.13 bits per heavy atom. The number of hydrogen-bond acceptors (Lipinski definition) is 7. The van der Waals surface area contributed by atoms with Gasteiger partial charge in [-0.15, -0.1) is 0 Å². The normalized spacial score (nSPS) is 18.1. The molecular weight excluding hydrogens is 398 g/mol. The Morgan fingerprint density at radius 2 is 1.87 bits per heavy atom. The highest BCUT2D eigenvalue weighted by Gasteiger charge is 2.30. The number of piperazine rings is 1. The molecule has 1 aromatic rings. The van der Waals surface area contributed by atoms with E-state index in [-0.39, 0.29) is 24.8 Å². The first kappa shape index (κ1) is 23.2. The molecule has 3 rings (SSSR count). The molecule has 0 aliphatic carbocycles. The third-order valence-corrected chi connectivity index (χ3v) is 5.80. The largest absolute Gasteiger partial charge is 0.482 e. The van der Waals surface area contributed by atoms with Crippen LogP contribution in [0.2, 0.25) is 0 Å². The van der Waals surface area contributed by atoms with Gasteiger partial charge in [0.2, 0.25) is 5.91 Å². The van der Waals surface area contributed by atoms with Gasteiger partial charge < -0.3 is 19.7 Å². The van der Waals surface area contributed by atoms with E-state index < -0.39 is 5.97 Å². The van der Waals surface area contributed by atoms with E-state index in [9.17, 15) is 14.4 Å². The average Bonchev–Trinajstić information content (AvgIpc) is 2.80. The summed E-state index contributed by atoms with van der Waals surface area (Å²) in [6.45, 7) is 6.12. The summed E-state index contributed by atoms with van der Waals surface area (Å²) in [5.41, 5.74) is 0.520. The van der Waals surface area contributed by atoms with Crippen molar-refractivity contribution in [1.82, 2.24) is 15.1 Å². The number of benzene rings is 1. The predicted molar refractivity (Wildman–Crippen MR) is 116 cm³/mol. The number of ketones is 1. The molecule has 8 heteroatoms.